The number of hydrogen-bond donors (Lipinski definition) is 3. The first-order valence-electron chi connectivity index (χ1n) is 13.2. The summed E-state index contributed by atoms with van der Waals surface area (Å²) >= 11 is 0. The van der Waals surface area contributed by atoms with Crippen LogP contribution in [-0.4, -0.2) is 33.4 Å². The molecule has 0 spiro atoms. The average Bonchev–Trinajstić information content (AvgIpc) is 3.31. The third kappa shape index (κ3) is 5.59. The summed E-state index contributed by atoms with van der Waals surface area (Å²) in [5, 5.41) is 6.39. The highest BCUT2D eigenvalue weighted by Gasteiger charge is 2.19. The summed E-state index contributed by atoms with van der Waals surface area (Å²) in [5.41, 5.74) is 7.27. The summed E-state index contributed by atoms with van der Waals surface area (Å²) in [6.45, 7) is 13.4. The lowest BCUT2D eigenvalue weighted by atomic mass is 10.00. The molecule has 0 unspecified atom stereocenters. The second kappa shape index (κ2) is 11.5. The van der Waals surface area contributed by atoms with Crippen molar-refractivity contribution >= 4 is 17.1 Å². The molecule has 3 aromatic heterocycles. The fraction of sp³-hybridized carbons (Fsp3) is 0.367. The summed E-state index contributed by atoms with van der Waals surface area (Å²) < 4.78 is 7.49. The molecule has 4 aromatic rings. The van der Waals surface area contributed by atoms with Gasteiger partial charge in [-0.25, -0.2) is 4.98 Å². The van der Waals surface area contributed by atoms with E-state index in [0.717, 1.165) is 46.6 Å². The number of nitrogens with zero attached hydrogens (tertiary/aromatic N) is 2. The van der Waals surface area contributed by atoms with Gasteiger partial charge in [0.2, 0.25) is 0 Å². The summed E-state index contributed by atoms with van der Waals surface area (Å²) in [6.07, 6.45) is 2.74. The molecule has 0 radical (unpaired) electrons. The summed E-state index contributed by atoms with van der Waals surface area (Å²) in [4.78, 5) is 33.6. The van der Waals surface area contributed by atoms with E-state index >= 15 is 0 Å². The lowest BCUT2D eigenvalue weighted by Crippen LogP contribution is -2.29. The van der Waals surface area contributed by atoms with Gasteiger partial charge in [0.15, 0.2) is 0 Å². The standard InChI is InChI=1S/C30H37N5O3/c1-7-11-31-24-10-9-21(12-19(24)5)22-14-25-28(18(3)4)33-17-35(25)26(15-22)30(37)32-16-23-27(38-8-2)13-20(6)34-29(23)36/h9-10,12-15,17-18,31H,7-8,11,16H2,1-6H3,(H,32,37)(H,34,36). The predicted molar refractivity (Wildman–Crippen MR) is 152 cm³/mol. The van der Waals surface area contributed by atoms with E-state index in [9.17, 15) is 9.59 Å². The van der Waals surface area contributed by atoms with Crippen molar-refractivity contribution in [2.45, 2.75) is 60.4 Å². The average molecular weight is 516 g/mol. The number of imidazole rings is 1. The number of hydrogen-bond acceptors (Lipinski definition) is 5. The Balaban J connectivity index is 1.73. The number of aromatic amines is 1. The van der Waals surface area contributed by atoms with Gasteiger partial charge in [0.05, 0.1) is 29.9 Å². The molecule has 200 valence electrons. The zero-order chi connectivity index (χ0) is 27.4. The lowest BCUT2D eigenvalue weighted by molar-refractivity contribution is 0.0944. The first-order chi connectivity index (χ1) is 18.2. The SMILES string of the molecule is CCCNc1ccc(-c2cc(C(=O)NCc3c(OCC)cc(C)[nH]c3=O)n3cnc(C(C)C)c3c2)cc1C. The maximum absolute atomic E-state index is 13.6. The summed E-state index contributed by atoms with van der Waals surface area (Å²) in [5.74, 6) is 0.364. The van der Waals surface area contributed by atoms with Crippen LogP contribution in [0.4, 0.5) is 5.69 Å². The van der Waals surface area contributed by atoms with Crippen molar-refractivity contribution in [2.24, 2.45) is 0 Å². The third-order valence-electron chi connectivity index (χ3n) is 6.54. The number of rotatable bonds is 10. The molecule has 0 bridgehead atoms. The van der Waals surface area contributed by atoms with Gasteiger partial charge in [-0.3, -0.25) is 14.0 Å². The lowest BCUT2D eigenvalue weighted by Gasteiger charge is -2.14. The number of anilines is 1. The topological polar surface area (TPSA) is 101 Å². The third-order valence-corrected chi connectivity index (χ3v) is 6.54. The number of pyridine rings is 2. The Labute approximate surface area is 223 Å². The van der Waals surface area contributed by atoms with Gasteiger partial charge in [-0.05, 0) is 80.1 Å². The quantitative estimate of drug-likeness (QED) is 0.256. The Morgan fingerprint density at radius 2 is 1.89 bits per heavy atom. The molecule has 0 aliphatic rings. The molecule has 38 heavy (non-hydrogen) atoms. The van der Waals surface area contributed by atoms with Crippen LogP contribution in [-0.2, 0) is 6.54 Å². The zero-order valence-electron chi connectivity index (χ0n) is 23.1. The Morgan fingerprint density at radius 3 is 2.58 bits per heavy atom. The monoisotopic (exact) mass is 515 g/mol. The number of aromatic nitrogens is 3. The maximum atomic E-state index is 13.6. The fourth-order valence-corrected chi connectivity index (χ4v) is 4.60. The zero-order valence-corrected chi connectivity index (χ0v) is 23.1. The second-order valence-electron chi connectivity index (χ2n) is 9.87. The highest BCUT2D eigenvalue weighted by molar-refractivity contribution is 5.95. The van der Waals surface area contributed by atoms with Crippen LogP contribution < -0.4 is 20.9 Å². The van der Waals surface area contributed by atoms with Crippen molar-refractivity contribution in [1.82, 2.24) is 19.7 Å². The minimum atomic E-state index is -0.301. The van der Waals surface area contributed by atoms with Crippen LogP contribution in [0.25, 0.3) is 16.6 Å². The van der Waals surface area contributed by atoms with Gasteiger partial charge < -0.3 is 20.4 Å². The van der Waals surface area contributed by atoms with Crippen LogP contribution in [0.3, 0.4) is 0 Å². The molecule has 0 atom stereocenters. The molecule has 1 amide bonds. The largest absolute Gasteiger partial charge is 0.493 e. The van der Waals surface area contributed by atoms with Gasteiger partial charge in [0.25, 0.3) is 11.5 Å². The second-order valence-corrected chi connectivity index (χ2v) is 9.87. The van der Waals surface area contributed by atoms with E-state index in [1.54, 1.807) is 19.3 Å². The number of ether oxygens (including phenoxy) is 1. The van der Waals surface area contributed by atoms with Crippen molar-refractivity contribution in [1.29, 1.82) is 0 Å². The van der Waals surface area contributed by atoms with Crippen molar-refractivity contribution in [2.75, 3.05) is 18.5 Å². The van der Waals surface area contributed by atoms with Crippen LogP contribution in [0.1, 0.15) is 73.0 Å². The van der Waals surface area contributed by atoms with Crippen molar-refractivity contribution in [3.63, 3.8) is 0 Å². The van der Waals surface area contributed by atoms with E-state index in [1.165, 1.54) is 0 Å². The molecular formula is C30H37N5O3. The van der Waals surface area contributed by atoms with E-state index in [0.29, 0.717) is 29.3 Å². The Hall–Kier alpha value is -4.07. The molecule has 8 heteroatoms. The highest BCUT2D eigenvalue weighted by atomic mass is 16.5. The normalized spacial score (nSPS) is 11.2. The molecular weight excluding hydrogens is 478 g/mol. The number of amides is 1. The first kappa shape index (κ1) is 27.0. The molecule has 0 saturated heterocycles. The molecule has 1 aromatic carbocycles. The number of aryl methyl sites for hydroxylation is 2. The van der Waals surface area contributed by atoms with Gasteiger partial charge >= 0.3 is 0 Å². The van der Waals surface area contributed by atoms with E-state index in [-0.39, 0.29) is 23.9 Å². The molecule has 3 heterocycles. The van der Waals surface area contributed by atoms with Crippen LogP contribution in [0.15, 0.2) is 47.5 Å². The van der Waals surface area contributed by atoms with Gasteiger partial charge in [0, 0.05) is 17.9 Å². The van der Waals surface area contributed by atoms with E-state index in [2.05, 4.69) is 72.6 Å². The molecule has 0 saturated carbocycles. The Bertz CT molecular complexity index is 1520. The smallest absolute Gasteiger partial charge is 0.268 e. The van der Waals surface area contributed by atoms with Gasteiger partial charge in [0.1, 0.15) is 17.8 Å². The molecule has 4 rings (SSSR count). The molecule has 0 aliphatic carbocycles. The van der Waals surface area contributed by atoms with Crippen molar-refractivity contribution < 1.29 is 9.53 Å². The van der Waals surface area contributed by atoms with Crippen molar-refractivity contribution in [3.05, 3.63) is 81.3 Å². The number of nitrogens with one attached hydrogen (secondary N) is 3. The van der Waals surface area contributed by atoms with Crippen LogP contribution in [0, 0.1) is 13.8 Å². The van der Waals surface area contributed by atoms with Crippen molar-refractivity contribution in [3.8, 4) is 16.9 Å². The van der Waals surface area contributed by atoms with E-state index in [4.69, 9.17) is 4.74 Å². The minimum absolute atomic E-state index is 0.0398. The number of H-pyrrole nitrogens is 1. The van der Waals surface area contributed by atoms with Crippen LogP contribution in [0.5, 0.6) is 5.75 Å². The number of fused-ring (bicyclic) bond motifs is 1. The number of benzene rings is 1. The molecule has 3 N–H and O–H groups in total. The number of carbonyl (C=O) groups excluding carboxylic acids is 1. The molecule has 8 nitrogen and oxygen atoms in total. The Kier molecular flexibility index (Phi) is 8.20. The van der Waals surface area contributed by atoms with E-state index in [1.807, 2.05) is 17.4 Å². The highest BCUT2D eigenvalue weighted by Crippen LogP contribution is 2.30. The van der Waals surface area contributed by atoms with Gasteiger partial charge in [-0.15, -0.1) is 0 Å². The Morgan fingerprint density at radius 1 is 1.11 bits per heavy atom. The van der Waals surface area contributed by atoms with Crippen LogP contribution >= 0.6 is 0 Å². The summed E-state index contributed by atoms with van der Waals surface area (Å²) in [6, 6.07) is 12.0. The van der Waals surface area contributed by atoms with Gasteiger partial charge in [-0.2, -0.15) is 0 Å². The fourth-order valence-electron chi connectivity index (χ4n) is 4.60. The predicted octanol–water partition coefficient (Wildman–Crippen LogP) is 5.58. The molecule has 0 aliphatic heterocycles. The van der Waals surface area contributed by atoms with E-state index < -0.39 is 0 Å². The number of carbonyl (C=O) groups is 1. The van der Waals surface area contributed by atoms with Gasteiger partial charge in [-0.1, -0.05) is 26.8 Å². The summed E-state index contributed by atoms with van der Waals surface area (Å²) in [7, 11) is 0. The van der Waals surface area contributed by atoms with Crippen LogP contribution in [0.2, 0.25) is 0 Å². The maximum Gasteiger partial charge on any atom is 0.268 e. The molecule has 0 fully saturated rings. The first-order valence-corrected chi connectivity index (χ1v) is 13.2. The minimum Gasteiger partial charge on any atom is -0.493 e.